The van der Waals surface area contributed by atoms with Gasteiger partial charge in [-0.1, -0.05) is 150 Å². The van der Waals surface area contributed by atoms with Gasteiger partial charge in [0.1, 0.15) is 0 Å². The number of carbonyl (C=O) groups excluding carboxylic acids is 2. The van der Waals surface area contributed by atoms with Crippen molar-refractivity contribution < 1.29 is 24.2 Å². The lowest BCUT2D eigenvalue weighted by Crippen LogP contribution is -2.29. The second-order valence-corrected chi connectivity index (χ2v) is 15.0. The Bertz CT molecular complexity index is 702. The first kappa shape index (κ1) is 47.9. The molecule has 6 nitrogen and oxygen atoms in total. The Morgan fingerprint density at radius 1 is 0.449 bits per heavy atom. The molecule has 0 saturated heterocycles. The molecular weight excluding hydrogens is 610 g/mol. The highest BCUT2D eigenvalue weighted by Gasteiger charge is 2.14. The van der Waals surface area contributed by atoms with E-state index in [1.807, 2.05) is 0 Å². The zero-order chi connectivity index (χ0) is 36.0. The van der Waals surface area contributed by atoms with Crippen LogP contribution in [0.15, 0.2) is 0 Å². The van der Waals surface area contributed by atoms with Crippen molar-refractivity contribution in [3.63, 3.8) is 0 Å². The average Bonchev–Trinajstić information content (AvgIpc) is 3.10. The zero-order valence-corrected chi connectivity index (χ0v) is 33.4. The molecule has 2 unspecified atom stereocenters. The Balaban J connectivity index is 4.31. The van der Waals surface area contributed by atoms with Gasteiger partial charge in [0.15, 0.2) is 0 Å². The molecule has 0 aliphatic carbocycles. The van der Waals surface area contributed by atoms with Crippen LogP contribution in [0.3, 0.4) is 0 Å². The third kappa shape index (κ3) is 33.7. The molecule has 0 aliphatic heterocycles. The second-order valence-electron chi connectivity index (χ2n) is 15.0. The van der Waals surface area contributed by atoms with E-state index in [9.17, 15) is 14.7 Å². The molecule has 0 aromatic rings. The van der Waals surface area contributed by atoms with Crippen molar-refractivity contribution >= 4 is 11.9 Å². The third-order valence-electron chi connectivity index (χ3n) is 10.2. The fourth-order valence-electron chi connectivity index (χ4n) is 6.84. The van der Waals surface area contributed by atoms with Gasteiger partial charge in [-0.3, -0.25) is 9.59 Å². The van der Waals surface area contributed by atoms with E-state index >= 15 is 0 Å². The van der Waals surface area contributed by atoms with Crippen LogP contribution in [0.2, 0.25) is 0 Å². The Hall–Kier alpha value is -1.14. The van der Waals surface area contributed by atoms with Crippen LogP contribution < -0.4 is 0 Å². The SMILES string of the molecule is CCCCCCCCC(CCCCCC)COC(=O)CCCCN(CCO)CCCCC(=O)OCC(CCCCCC)CCCCCCC. The summed E-state index contributed by atoms with van der Waals surface area (Å²) in [5.41, 5.74) is 0. The molecule has 1 N–H and O–H groups in total. The van der Waals surface area contributed by atoms with E-state index in [0.717, 1.165) is 38.8 Å². The summed E-state index contributed by atoms with van der Waals surface area (Å²) in [7, 11) is 0. The zero-order valence-electron chi connectivity index (χ0n) is 33.4. The van der Waals surface area contributed by atoms with Gasteiger partial charge in [0.2, 0.25) is 0 Å². The van der Waals surface area contributed by atoms with Gasteiger partial charge >= 0.3 is 11.9 Å². The molecule has 0 radical (unpaired) electrons. The molecule has 0 saturated carbocycles. The van der Waals surface area contributed by atoms with Gasteiger partial charge in [-0.05, 0) is 76.3 Å². The van der Waals surface area contributed by atoms with E-state index in [2.05, 4.69) is 32.6 Å². The summed E-state index contributed by atoms with van der Waals surface area (Å²) >= 11 is 0. The largest absolute Gasteiger partial charge is 0.465 e. The molecule has 0 rings (SSSR count). The summed E-state index contributed by atoms with van der Waals surface area (Å²) in [6.45, 7) is 12.6. The van der Waals surface area contributed by atoms with Gasteiger partial charge in [-0.25, -0.2) is 0 Å². The van der Waals surface area contributed by atoms with Gasteiger partial charge in [0, 0.05) is 19.4 Å². The van der Waals surface area contributed by atoms with E-state index in [1.54, 1.807) is 0 Å². The number of nitrogens with zero attached hydrogens (tertiary/aromatic N) is 1. The minimum Gasteiger partial charge on any atom is -0.465 e. The number of aliphatic hydroxyl groups excluding tert-OH is 1. The smallest absolute Gasteiger partial charge is 0.305 e. The number of aliphatic hydroxyl groups is 1. The van der Waals surface area contributed by atoms with Gasteiger partial charge < -0.3 is 19.5 Å². The molecule has 292 valence electrons. The maximum atomic E-state index is 12.6. The normalized spacial score (nSPS) is 12.8. The van der Waals surface area contributed by atoms with E-state index in [1.165, 1.54) is 148 Å². The van der Waals surface area contributed by atoms with Crippen molar-refractivity contribution in [1.29, 1.82) is 0 Å². The Labute approximate surface area is 305 Å². The molecule has 0 aliphatic rings. The average molecular weight is 696 g/mol. The minimum absolute atomic E-state index is 0.0617. The highest BCUT2D eigenvalue weighted by atomic mass is 16.5. The number of hydrogen-bond acceptors (Lipinski definition) is 6. The van der Waals surface area contributed by atoms with Crippen molar-refractivity contribution in [2.45, 2.75) is 214 Å². The van der Waals surface area contributed by atoms with Gasteiger partial charge in [-0.2, -0.15) is 0 Å². The van der Waals surface area contributed by atoms with Crippen LogP contribution in [0.4, 0.5) is 0 Å². The summed E-state index contributed by atoms with van der Waals surface area (Å²) in [5.74, 6) is 0.879. The highest BCUT2D eigenvalue weighted by molar-refractivity contribution is 5.69. The lowest BCUT2D eigenvalue weighted by atomic mass is 9.95. The van der Waals surface area contributed by atoms with Crippen LogP contribution in [-0.2, 0) is 19.1 Å². The van der Waals surface area contributed by atoms with Crippen LogP contribution in [-0.4, -0.2) is 61.4 Å². The van der Waals surface area contributed by atoms with Gasteiger partial charge in [0.05, 0.1) is 19.8 Å². The van der Waals surface area contributed by atoms with E-state index in [4.69, 9.17) is 9.47 Å². The Kier molecular flexibility index (Phi) is 37.2. The summed E-state index contributed by atoms with van der Waals surface area (Å²) < 4.78 is 11.5. The summed E-state index contributed by atoms with van der Waals surface area (Å²) in [6.07, 6.45) is 33.5. The number of carbonyl (C=O) groups is 2. The minimum atomic E-state index is -0.0630. The van der Waals surface area contributed by atoms with Gasteiger partial charge in [0.25, 0.3) is 0 Å². The number of rotatable bonds is 39. The summed E-state index contributed by atoms with van der Waals surface area (Å²) in [6, 6.07) is 0. The molecule has 0 aromatic heterocycles. The number of unbranched alkanes of at least 4 members (excludes halogenated alkanes) is 17. The topological polar surface area (TPSA) is 76.1 Å². The number of ether oxygens (including phenoxy) is 2. The molecule has 6 heteroatoms. The second kappa shape index (κ2) is 38.1. The fraction of sp³-hybridized carbons (Fsp3) is 0.953. The Morgan fingerprint density at radius 2 is 0.776 bits per heavy atom. The quantitative estimate of drug-likeness (QED) is 0.0509. The molecule has 0 aromatic carbocycles. The maximum absolute atomic E-state index is 12.6. The first-order valence-corrected chi connectivity index (χ1v) is 21.6. The monoisotopic (exact) mass is 696 g/mol. The van der Waals surface area contributed by atoms with Crippen molar-refractivity contribution in [3.05, 3.63) is 0 Å². The molecule has 0 spiro atoms. The van der Waals surface area contributed by atoms with Crippen LogP contribution in [0.5, 0.6) is 0 Å². The van der Waals surface area contributed by atoms with Crippen LogP contribution in [0.25, 0.3) is 0 Å². The molecule has 0 bridgehead atoms. The van der Waals surface area contributed by atoms with Crippen LogP contribution in [0.1, 0.15) is 214 Å². The van der Waals surface area contributed by atoms with Crippen molar-refractivity contribution in [2.24, 2.45) is 11.8 Å². The number of esters is 2. The van der Waals surface area contributed by atoms with E-state index < -0.39 is 0 Å². The predicted molar refractivity (Wildman–Crippen MR) is 209 cm³/mol. The lowest BCUT2D eigenvalue weighted by Gasteiger charge is -2.21. The van der Waals surface area contributed by atoms with Crippen molar-refractivity contribution in [2.75, 3.05) is 39.5 Å². The summed E-state index contributed by atoms with van der Waals surface area (Å²) in [4.78, 5) is 27.4. The van der Waals surface area contributed by atoms with Crippen molar-refractivity contribution in [1.82, 2.24) is 4.90 Å². The van der Waals surface area contributed by atoms with E-state index in [-0.39, 0.29) is 18.5 Å². The molecule has 0 fully saturated rings. The maximum Gasteiger partial charge on any atom is 0.305 e. The predicted octanol–water partition coefficient (Wildman–Crippen LogP) is 12.0. The summed E-state index contributed by atoms with van der Waals surface area (Å²) in [5, 5.41) is 9.58. The van der Waals surface area contributed by atoms with Crippen LogP contribution >= 0.6 is 0 Å². The molecule has 49 heavy (non-hydrogen) atoms. The molecule has 2 atom stereocenters. The molecular formula is C43H85NO5. The third-order valence-corrected chi connectivity index (χ3v) is 10.2. The highest BCUT2D eigenvalue weighted by Crippen LogP contribution is 2.21. The Morgan fingerprint density at radius 3 is 1.12 bits per heavy atom. The molecule has 0 heterocycles. The first-order valence-electron chi connectivity index (χ1n) is 21.6. The standard InChI is InChI=1S/C43H85NO5/c1-5-9-13-17-19-23-31-41(29-21-16-12-8-4)39-49-43(47)33-25-27-35-44(36-37-45)34-26-24-32-42(46)48-38-40(28-20-15-11-7-3)30-22-18-14-10-6-2/h40-41,45H,5-39H2,1-4H3. The van der Waals surface area contributed by atoms with E-state index in [0.29, 0.717) is 44.4 Å². The fourth-order valence-corrected chi connectivity index (χ4v) is 6.84. The number of hydrogen-bond donors (Lipinski definition) is 1. The van der Waals surface area contributed by atoms with Crippen LogP contribution in [0, 0.1) is 11.8 Å². The molecule has 0 amide bonds. The lowest BCUT2D eigenvalue weighted by molar-refractivity contribution is -0.146. The van der Waals surface area contributed by atoms with Gasteiger partial charge in [-0.15, -0.1) is 0 Å². The van der Waals surface area contributed by atoms with Crippen molar-refractivity contribution in [3.8, 4) is 0 Å². The first-order chi connectivity index (χ1) is 24.0.